The Labute approximate surface area is 99.7 Å². The first kappa shape index (κ1) is 13.5. The molecule has 1 aromatic heterocycles. The van der Waals surface area contributed by atoms with E-state index in [1.807, 2.05) is 6.92 Å². The van der Waals surface area contributed by atoms with Crippen LogP contribution in [0.5, 0.6) is 0 Å². The van der Waals surface area contributed by atoms with Crippen molar-refractivity contribution in [3.8, 4) is 0 Å². The van der Waals surface area contributed by atoms with Crippen LogP contribution in [0, 0.1) is 0 Å². The van der Waals surface area contributed by atoms with Gasteiger partial charge in [0.2, 0.25) is 0 Å². The van der Waals surface area contributed by atoms with Crippen LogP contribution < -0.4 is 5.32 Å². The second kappa shape index (κ2) is 6.27. The average Bonchev–Trinajstić information content (AvgIpc) is 2.25. The molecule has 0 spiro atoms. The third kappa shape index (κ3) is 4.46. The van der Waals surface area contributed by atoms with Crippen molar-refractivity contribution in [2.45, 2.75) is 39.0 Å². The van der Waals surface area contributed by atoms with E-state index in [9.17, 15) is 9.90 Å². The highest BCUT2D eigenvalue weighted by Crippen LogP contribution is 2.05. The number of aromatic carboxylic acids is 1. The number of rotatable bonds is 6. The number of carboxylic acid groups (broad SMARTS) is 1. The van der Waals surface area contributed by atoms with E-state index in [1.54, 1.807) is 6.92 Å². The Morgan fingerprint density at radius 1 is 1.53 bits per heavy atom. The maximum absolute atomic E-state index is 10.9. The number of aliphatic hydroxyl groups is 1. The van der Waals surface area contributed by atoms with Crippen molar-refractivity contribution < 1.29 is 15.0 Å². The minimum Gasteiger partial charge on any atom is -0.478 e. The lowest BCUT2D eigenvalue weighted by Gasteiger charge is -2.15. The molecule has 0 amide bonds. The molecule has 2 atom stereocenters. The van der Waals surface area contributed by atoms with Crippen LogP contribution in [-0.2, 0) is 6.54 Å². The van der Waals surface area contributed by atoms with Crippen LogP contribution in [-0.4, -0.2) is 38.3 Å². The molecular formula is C11H17N3O3. The summed E-state index contributed by atoms with van der Waals surface area (Å²) in [6.07, 6.45) is 2.82. The summed E-state index contributed by atoms with van der Waals surface area (Å²) in [4.78, 5) is 18.5. The minimum absolute atomic E-state index is 0.0895. The summed E-state index contributed by atoms with van der Waals surface area (Å²) in [6.45, 7) is 3.98. The maximum atomic E-state index is 10.9. The van der Waals surface area contributed by atoms with Crippen LogP contribution in [0.1, 0.15) is 36.3 Å². The van der Waals surface area contributed by atoms with Gasteiger partial charge >= 0.3 is 5.97 Å². The topological polar surface area (TPSA) is 95.3 Å². The number of carbonyl (C=O) groups is 1. The molecule has 17 heavy (non-hydrogen) atoms. The van der Waals surface area contributed by atoms with E-state index in [-0.39, 0.29) is 17.7 Å². The molecule has 94 valence electrons. The number of carboxylic acids is 1. The van der Waals surface area contributed by atoms with Crippen LogP contribution in [0.15, 0.2) is 12.5 Å². The molecule has 6 nitrogen and oxygen atoms in total. The van der Waals surface area contributed by atoms with E-state index < -0.39 is 5.97 Å². The minimum atomic E-state index is -1.04. The van der Waals surface area contributed by atoms with Gasteiger partial charge in [0.15, 0.2) is 0 Å². The van der Waals surface area contributed by atoms with Gasteiger partial charge in [-0.15, -0.1) is 0 Å². The molecule has 0 aliphatic rings. The molecule has 0 fully saturated rings. The van der Waals surface area contributed by atoms with Crippen molar-refractivity contribution >= 4 is 5.97 Å². The molecule has 0 bridgehead atoms. The van der Waals surface area contributed by atoms with Gasteiger partial charge in [-0.3, -0.25) is 0 Å². The number of aliphatic hydroxyl groups excluding tert-OH is 1. The zero-order valence-corrected chi connectivity index (χ0v) is 9.92. The smallest absolute Gasteiger partial charge is 0.339 e. The molecule has 1 heterocycles. The van der Waals surface area contributed by atoms with Gasteiger partial charge < -0.3 is 15.5 Å². The van der Waals surface area contributed by atoms with Crippen LogP contribution in [0.25, 0.3) is 0 Å². The van der Waals surface area contributed by atoms with Gasteiger partial charge in [0.05, 0.1) is 11.8 Å². The Morgan fingerprint density at radius 2 is 2.24 bits per heavy atom. The van der Waals surface area contributed by atoms with Crippen molar-refractivity contribution in [1.29, 1.82) is 0 Å². The van der Waals surface area contributed by atoms with E-state index in [2.05, 4.69) is 15.3 Å². The number of aromatic nitrogens is 2. The molecular weight excluding hydrogens is 222 g/mol. The predicted octanol–water partition coefficient (Wildman–Crippen LogP) is 0.424. The fourth-order valence-electron chi connectivity index (χ4n) is 1.54. The van der Waals surface area contributed by atoms with E-state index in [0.29, 0.717) is 18.7 Å². The quantitative estimate of drug-likeness (QED) is 0.666. The third-order valence-electron chi connectivity index (χ3n) is 2.34. The van der Waals surface area contributed by atoms with Crippen molar-refractivity contribution in [2.24, 2.45) is 0 Å². The molecule has 0 aliphatic heterocycles. The molecule has 1 rings (SSSR count). The third-order valence-corrected chi connectivity index (χ3v) is 2.34. The van der Waals surface area contributed by atoms with Gasteiger partial charge in [-0.2, -0.15) is 0 Å². The standard InChI is InChI=1S/C11H17N3O3/c1-7(3-8(2)15)13-5-10-9(11(16)17)4-12-6-14-10/h4,6-8,13,15H,3,5H2,1-2H3,(H,16,17). The highest BCUT2D eigenvalue weighted by Gasteiger charge is 2.12. The molecule has 3 N–H and O–H groups in total. The van der Waals surface area contributed by atoms with Crippen LogP contribution in [0.4, 0.5) is 0 Å². The fraction of sp³-hybridized carbons (Fsp3) is 0.545. The molecule has 0 radical (unpaired) electrons. The average molecular weight is 239 g/mol. The summed E-state index contributed by atoms with van der Waals surface area (Å²) in [5.41, 5.74) is 0.550. The second-order valence-corrected chi connectivity index (χ2v) is 4.05. The summed E-state index contributed by atoms with van der Waals surface area (Å²) in [5.74, 6) is -1.04. The Balaban J connectivity index is 2.60. The van der Waals surface area contributed by atoms with Gasteiger partial charge in [-0.25, -0.2) is 14.8 Å². The van der Waals surface area contributed by atoms with Gasteiger partial charge in [-0.1, -0.05) is 0 Å². The van der Waals surface area contributed by atoms with Crippen LogP contribution >= 0.6 is 0 Å². The van der Waals surface area contributed by atoms with Crippen molar-refractivity contribution in [3.05, 3.63) is 23.8 Å². The van der Waals surface area contributed by atoms with Gasteiger partial charge in [0, 0.05) is 18.8 Å². The lowest BCUT2D eigenvalue weighted by molar-refractivity contribution is 0.0694. The van der Waals surface area contributed by atoms with Crippen molar-refractivity contribution in [2.75, 3.05) is 0 Å². The molecule has 0 saturated carbocycles. The number of nitrogens with one attached hydrogen (secondary N) is 1. The SMILES string of the molecule is CC(O)CC(C)NCc1ncncc1C(=O)O. The van der Waals surface area contributed by atoms with Gasteiger partial charge in [-0.05, 0) is 20.3 Å². The molecule has 0 saturated heterocycles. The van der Waals surface area contributed by atoms with Gasteiger partial charge in [0.25, 0.3) is 0 Å². The number of hydrogen-bond donors (Lipinski definition) is 3. The van der Waals surface area contributed by atoms with Crippen molar-refractivity contribution in [3.63, 3.8) is 0 Å². The van der Waals surface area contributed by atoms with E-state index in [4.69, 9.17) is 5.11 Å². The lowest BCUT2D eigenvalue weighted by atomic mass is 10.1. The molecule has 0 aromatic carbocycles. The summed E-state index contributed by atoms with van der Waals surface area (Å²) in [5, 5.41) is 21.2. The molecule has 1 aromatic rings. The predicted molar refractivity (Wildman–Crippen MR) is 61.6 cm³/mol. The lowest BCUT2D eigenvalue weighted by Crippen LogP contribution is -2.29. The Kier molecular flexibility index (Phi) is 4.99. The van der Waals surface area contributed by atoms with Gasteiger partial charge in [0.1, 0.15) is 11.9 Å². The summed E-state index contributed by atoms with van der Waals surface area (Å²) in [6, 6.07) is 0.0895. The summed E-state index contributed by atoms with van der Waals surface area (Å²) >= 11 is 0. The van der Waals surface area contributed by atoms with E-state index >= 15 is 0 Å². The molecule has 6 heteroatoms. The number of hydrogen-bond acceptors (Lipinski definition) is 5. The Hall–Kier alpha value is -1.53. The zero-order valence-electron chi connectivity index (χ0n) is 9.92. The first-order valence-corrected chi connectivity index (χ1v) is 5.44. The van der Waals surface area contributed by atoms with Crippen molar-refractivity contribution in [1.82, 2.24) is 15.3 Å². The molecule has 2 unspecified atom stereocenters. The zero-order chi connectivity index (χ0) is 12.8. The highest BCUT2D eigenvalue weighted by atomic mass is 16.4. The summed E-state index contributed by atoms with van der Waals surface area (Å²) < 4.78 is 0. The Bertz CT molecular complexity index is 382. The first-order chi connectivity index (χ1) is 8.00. The van der Waals surface area contributed by atoms with E-state index in [0.717, 1.165) is 0 Å². The van der Waals surface area contributed by atoms with E-state index in [1.165, 1.54) is 12.5 Å². The first-order valence-electron chi connectivity index (χ1n) is 5.44. The highest BCUT2D eigenvalue weighted by molar-refractivity contribution is 5.88. The number of nitrogens with zero attached hydrogens (tertiary/aromatic N) is 2. The largest absolute Gasteiger partial charge is 0.478 e. The maximum Gasteiger partial charge on any atom is 0.339 e. The summed E-state index contributed by atoms with van der Waals surface area (Å²) in [7, 11) is 0. The van der Waals surface area contributed by atoms with Crippen LogP contribution in [0.2, 0.25) is 0 Å². The normalized spacial score (nSPS) is 14.3. The monoisotopic (exact) mass is 239 g/mol. The van der Waals surface area contributed by atoms with Crippen LogP contribution in [0.3, 0.4) is 0 Å². The Morgan fingerprint density at radius 3 is 2.82 bits per heavy atom. The molecule has 0 aliphatic carbocycles. The second-order valence-electron chi connectivity index (χ2n) is 4.05. The fourth-order valence-corrected chi connectivity index (χ4v) is 1.54.